The highest BCUT2D eigenvalue weighted by molar-refractivity contribution is 5.66. The van der Waals surface area contributed by atoms with E-state index in [0.717, 1.165) is 12.8 Å². The van der Waals surface area contributed by atoms with E-state index in [0.29, 0.717) is 6.42 Å². The molecule has 8 nitrogen and oxygen atoms in total. The molecule has 0 heterocycles. The Kier molecular flexibility index (Phi) is 17.1. The quantitative estimate of drug-likeness (QED) is 0.228. The molecule has 0 fully saturated rings. The first-order chi connectivity index (χ1) is 10.8. The lowest BCUT2D eigenvalue weighted by Crippen LogP contribution is -2.46. The molecular weight excluding hydrogens is 308 g/mol. The van der Waals surface area contributed by atoms with Gasteiger partial charge in [-0.3, -0.25) is 4.79 Å². The van der Waals surface area contributed by atoms with Crippen LogP contribution in [-0.2, 0) is 4.79 Å². The summed E-state index contributed by atoms with van der Waals surface area (Å²) in [6.45, 7) is 0.726. The Morgan fingerprint density at radius 1 is 0.783 bits per heavy atom. The van der Waals surface area contributed by atoms with Crippen LogP contribution in [0.15, 0.2) is 0 Å². The van der Waals surface area contributed by atoms with E-state index in [-0.39, 0.29) is 0 Å². The van der Waals surface area contributed by atoms with Gasteiger partial charge in [-0.25, -0.2) is 0 Å². The molecule has 23 heavy (non-hydrogen) atoms. The van der Waals surface area contributed by atoms with Gasteiger partial charge in [0.1, 0.15) is 24.4 Å². The van der Waals surface area contributed by atoms with Crippen molar-refractivity contribution in [3.05, 3.63) is 0 Å². The highest BCUT2D eigenvalue weighted by Crippen LogP contribution is 2.06. The second-order valence-corrected chi connectivity index (χ2v) is 5.39. The van der Waals surface area contributed by atoms with E-state index in [2.05, 4.69) is 6.92 Å². The van der Waals surface area contributed by atoms with E-state index in [1.165, 1.54) is 25.7 Å². The predicted molar refractivity (Wildman–Crippen MR) is 83.8 cm³/mol. The first-order valence-corrected chi connectivity index (χ1v) is 7.97. The second kappa shape index (κ2) is 16.1. The molecule has 0 aliphatic rings. The number of carbonyl (C=O) groups is 1. The molecule has 0 radical (unpaired) electrons. The molecule has 0 aromatic rings. The molecule has 8 heteroatoms. The lowest BCUT2D eigenvalue weighted by Gasteiger charge is -2.24. The Bertz CT molecular complexity index is 260. The maximum absolute atomic E-state index is 10.1. The van der Waals surface area contributed by atoms with E-state index >= 15 is 0 Å². The van der Waals surface area contributed by atoms with E-state index < -0.39 is 43.6 Å². The van der Waals surface area contributed by atoms with Crippen molar-refractivity contribution in [2.75, 3.05) is 13.2 Å². The molecule has 0 spiro atoms. The molecule has 4 atom stereocenters. The number of hydrogen-bond donors (Lipinski definition) is 7. The molecule has 0 aromatic heterocycles. The summed E-state index contributed by atoms with van der Waals surface area (Å²) in [6.07, 6.45) is 0.859. The molecule has 0 rings (SSSR count). The summed E-state index contributed by atoms with van der Waals surface area (Å²) in [6, 6.07) is 0. The zero-order valence-corrected chi connectivity index (χ0v) is 13.7. The summed E-state index contributed by atoms with van der Waals surface area (Å²) in [7, 11) is 0. The third kappa shape index (κ3) is 14.5. The second-order valence-electron chi connectivity index (χ2n) is 5.39. The van der Waals surface area contributed by atoms with Crippen LogP contribution in [0.1, 0.15) is 51.9 Å². The Labute approximate surface area is 137 Å². The summed E-state index contributed by atoms with van der Waals surface area (Å²) >= 11 is 0. The van der Waals surface area contributed by atoms with Crippen molar-refractivity contribution < 1.29 is 40.5 Å². The maximum atomic E-state index is 10.1. The van der Waals surface area contributed by atoms with Crippen LogP contribution in [0.25, 0.3) is 0 Å². The molecular formula is C15H32O8. The zero-order valence-electron chi connectivity index (χ0n) is 13.7. The average Bonchev–Trinajstić information content (AvgIpc) is 2.55. The number of carboxylic acids is 1. The fourth-order valence-electron chi connectivity index (χ4n) is 1.73. The fourth-order valence-corrected chi connectivity index (χ4v) is 1.73. The summed E-state index contributed by atoms with van der Waals surface area (Å²) in [5, 5.41) is 60.5. The van der Waals surface area contributed by atoms with Crippen LogP contribution in [0.5, 0.6) is 0 Å². The third-order valence-electron chi connectivity index (χ3n) is 3.26. The van der Waals surface area contributed by atoms with Gasteiger partial charge in [-0.15, -0.1) is 0 Å². The standard InChI is InChI=1S/C9H18O2.C6H14O6/c1-2-3-4-5-6-7-8-9(10)11;7-1-3(9)5(11)6(12)4(10)2-8/h2-8H2,1H3,(H,10,11);3-12H,1-2H2/t;3-,4-,5-,6-/m.1/s1. The minimum Gasteiger partial charge on any atom is -0.481 e. The molecule has 0 aromatic carbocycles. The predicted octanol–water partition coefficient (Wildman–Crippen LogP) is -0.764. The van der Waals surface area contributed by atoms with Gasteiger partial charge in [0.25, 0.3) is 0 Å². The first kappa shape index (κ1) is 24.5. The van der Waals surface area contributed by atoms with Crippen LogP contribution < -0.4 is 0 Å². The maximum Gasteiger partial charge on any atom is 0.303 e. The van der Waals surface area contributed by atoms with Gasteiger partial charge in [0, 0.05) is 6.42 Å². The fraction of sp³-hybridized carbons (Fsp3) is 0.933. The Morgan fingerprint density at radius 3 is 1.52 bits per heavy atom. The summed E-state index contributed by atoms with van der Waals surface area (Å²) in [5.41, 5.74) is 0. The third-order valence-corrected chi connectivity index (χ3v) is 3.26. The number of aliphatic hydroxyl groups excluding tert-OH is 6. The average molecular weight is 340 g/mol. The van der Waals surface area contributed by atoms with Gasteiger partial charge in [0.05, 0.1) is 13.2 Å². The van der Waals surface area contributed by atoms with Crippen LogP contribution in [0.2, 0.25) is 0 Å². The van der Waals surface area contributed by atoms with Gasteiger partial charge < -0.3 is 35.7 Å². The van der Waals surface area contributed by atoms with Crippen LogP contribution in [-0.4, -0.2) is 79.3 Å². The minimum absolute atomic E-state index is 0.339. The van der Waals surface area contributed by atoms with Crippen LogP contribution in [0, 0.1) is 0 Å². The summed E-state index contributed by atoms with van der Waals surface area (Å²) in [5.74, 6) is -0.666. The van der Waals surface area contributed by atoms with Gasteiger partial charge in [0.15, 0.2) is 0 Å². The van der Waals surface area contributed by atoms with Gasteiger partial charge in [-0.2, -0.15) is 0 Å². The highest BCUT2D eigenvalue weighted by Gasteiger charge is 2.29. The smallest absolute Gasteiger partial charge is 0.303 e. The Balaban J connectivity index is 0. The number of aliphatic carboxylic acids is 1. The van der Waals surface area contributed by atoms with Gasteiger partial charge in [-0.05, 0) is 6.42 Å². The topological polar surface area (TPSA) is 159 Å². The number of carboxylic acid groups (broad SMARTS) is 1. The molecule has 7 N–H and O–H groups in total. The summed E-state index contributed by atoms with van der Waals surface area (Å²) in [4.78, 5) is 10.1. The summed E-state index contributed by atoms with van der Waals surface area (Å²) < 4.78 is 0. The molecule has 0 unspecified atom stereocenters. The Morgan fingerprint density at radius 2 is 1.17 bits per heavy atom. The highest BCUT2D eigenvalue weighted by atomic mass is 16.4. The van der Waals surface area contributed by atoms with Gasteiger partial charge in [0.2, 0.25) is 0 Å². The molecule has 0 amide bonds. The number of hydrogen-bond acceptors (Lipinski definition) is 7. The monoisotopic (exact) mass is 340 g/mol. The van der Waals surface area contributed by atoms with Crippen LogP contribution in [0.3, 0.4) is 0 Å². The molecule has 0 bridgehead atoms. The van der Waals surface area contributed by atoms with Crippen molar-refractivity contribution >= 4 is 5.97 Å². The number of aliphatic hydroxyl groups is 6. The molecule has 0 saturated heterocycles. The van der Waals surface area contributed by atoms with E-state index in [1.54, 1.807) is 0 Å². The first-order valence-electron chi connectivity index (χ1n) is 7.97. The van der Waals surface area contributed by atoms with Crippen molar-refractivity contribution in [3.63, 3.8) is 0 Å². The molecule has 140 valence electrons. The SMILES string of the molecule is CCCCCCCCC(=O)O.OC[C@@H](O)[C@@H](O)[C@H](O)[C@H](O)CO. The van der Waals surface area contributed by atoms with Crippen molar-refractivity contribution in [2.24, 2.45) is 0 Å². The van der Waals surface area contributed by atoms with Gasteiger partial charge >= 0.3 is 5.97 Å². The number of unbranched alkanes of at least 4 members (excludes halogenated alkanes) is 5. The molecule has 0 aliphatic carbocycles. The van der Waals surface area contributed by atoms with E-state index in [1.807, 2.05) is 0 Å². The molecule has 0 aliphatic heterocycles. The van der Waals surface area contributed by atoms with Crippen LogP contribution in [0.4, 0.5) is 0 Å². The zero-order chi connectivity index (χ0) is 18.3. The minimum atomic E-state index is -1.67. The lowest BCUT2D eigenvalue weighted by atomic mass is 10.0. The van der Waals surface area contributed by atoms with E-state index in [4.69, 9.17) is 35.7 Å². The lowest BCUT2D eigenvalue weighted by molar-refractivity contribution is -0.137. The van der Waals surface area contributed by atoms with Crippen molar-refractivity contribution in [1.82, 2.24) is 0 Å². The van der Waals surface area contributed by atoms with E-state index in [9.17, 15) is 4.79 Å². The number of rotatable bonds is 12. The normalized spacial score (nSPS) is 16.0. The van der Waals surface area contributed by atoms with Crippen molar-refractivity contribution in [1.29, 1.82) is 0 Å². The molecule has 0 saturated carbocycles. The largest absolute Gasteiger partial charge is 0.481 e. The van der Waals surface area contributed by atoms with Gasteiger partial charge in [-0.1, -0.05) is 39.0 Å². The van der Waals surface area contributed by atoms with Crippen molar-refractivity contribution in [2.45, 2.75) is 76.3 Å². The van der Waals surface area contributed by atoms with Crippen LogP contribution >= 0.6 is 0 Å². The Hall–Kier alpha value is -0.770. The van der Waals surface area contributed by atoms with Crippen molar-refractivity contribution in [3.8, 4) is 0 Å².